The maximum atomic E-state index is 9.00. The van der Waals surface area contributed by atoms with Gasteiger partial charge in [0.1, 0.15) is 0 Å². The lowest BCUT2D eigenvalue weighted by atomic mass is 10.3. The summed E-state index contributed by atoms with van der Waals surface area (Å²) < 4.78 is 15.3. The summed E-state index contributed by atoms with van der Waals surface area (Å²) in [6.45, 7) is 5.40. The van der Waals surface area contributed by atoms with Crippen LogP contribution < -0.4 is 11.1 Å². The van der Waals surface area contributed by atoms with Crippen molar-refractivity contribution in [2.75, 3.05) is 41.0 Å². The quantitative estimate of drug-likeness (QED) is 0.281. The van der Waals surface area contributed by atoms with Gasteiger partial charge in [-0.2, -0.15) is 0 Å². The number of carbonyl (C=O) groups is 3. The predicted molar refractivity (Wildman–Crippen MR) is 90.2 cm³/mol. The summed E-state index contributed by atoms with van der Waals surface area (Å²) in [6.07, 6.45) is 0.622. The van der Waals surface area contributed by atoms with Gasteiger partial charge in [0, 0.05) is 68.2 Å². The third-order valence-corrected chi connectivity index (χ3v) is 1.86. The van der Waals surface area contributed by atoms with Gasteiger partial charge >= 0.3 is 0 Å². The van der Waals surface area contributed by atoms with Gasteiger partial charge in [-0.05, 0) is 0 Å². The van der Waals surface area contributed by atoms with E-state index < -0.39 is 23.9 Å². The molecule has 0 aliphatic rings. The third-order valence-electron chi connectivity index (χ3n) is 1.86. The van der Waals surface area contributed by atoms with Crippen LogP contribution in [-0.4, -0.2) is 80.2 Å². The van der Waals surface area contributed by atoms with Gasteiger partial charge in [0.2, 0.25) is 0 Å². The lowest BCUT2D eigenvalue weighted by Gasteiger charge is -2.28. The Morgan fingerprint density at radius 2 is 1.12 bits per heavy atom. The smallest absolute Gasteiger partial charge is 0.300 e. The summed E-state index contributed by atoms with van der Waals surface area (Å²) in [5.41, 5.74) is 5.32. The minimum Gasteiger partial charge on any atom is -0.481 e. The van der Waals surface area contributed by atoms with Crippen molar-refractivity contribution < 1.29 is 43.9 Å². The largest absolute Gasteiger partial charge is 0.481 e. The zero-order chi connectivity index (χ0) is 20.9. The number of nitrogens with two attached hydrogens (primary N) is 1. The molecule has 6 N–H and O–H groups in total. The fourth-order valence-electron chi connectivity index (χ4n) is 1.02. The second kappa shape index (κ2) is 22.2. The standard InChI is InChI=1S/C8H20N2O3.3C2H4O2/c1-11-8(12-2,13-3)4-6-10-7-5-9;3*1-2(3)4/h10H,4-7,9H2,1-3H3;3*1H3,(H,3,4). The highest BCUT2D eigenvalue weighted by molar-refractivity contribution is 5.63. The lowest BCUT2D eigenvalue weighted by molar-refractivity contribution is -0.354. The first kappa shape index (κ1) is 31.0. The highest BCUT2D eigenvalue weighted by atomic mass is 16.9. The molecule has 0 heterocycles. The number of methoxy groups -OCH3 is 3. The van der Waals surface area contributed by atoms with E-state index in [9.17, 15) is 0 Å². The number of nitrogens with one attached hydrogen (secondary N) is 1. The second-order valence-electron chi connectivity index (χ2n) is 4.14. The molecule has 0 aromatic carbocycles. The van der Waals surface area contributed by atoms with Crippen LogP contribution >= 0.6 is 0 Å². The van der Waals surface area contributed by atoms with Gasteiger partial charge < -0.3 is 40.6 Å². The lowest BCUT2D eigenvalue weighted by Crippen LogP contribution is -2.39. The Morgan fingerprint density at radius 1 is 0.840 bits per heavy atom. The molecule has 0 saturated carbocycles. The van der Waals surface area contributed by atoms with E-state index in [0.717, 1.165) is 33.9 Å². The van der Waals surface area contributed by atoms with Gasteiger partial charge in [-0.25, -0.2) is 0 Å². The SMILES string of the molecule is CC(=O)O.CC(=O)O.CC(=O)O.COC(CCNCCN)(OC)OC. The number of carboxylic acids is 3. The van der Waals surface area contributed by atoms with Crippen molar-refractivity contribution in [3.05, 3.63) is 0 Å². The van der Waals surface area contributed by atoms with E-state index in [2.05, 4.69) is 5.32 Å². The van der Waals surface area contributed by atoms with Crippen molar-refractivity contribution in [1.29, 1.82) is 0 Å². The topological polar surface area (TPSA) is 178 Å². The Morgan fingerprint density at radius 3 is 1.32 bits per heavy atom. The van der Waals surface area contributed by atoms with Crippen molar-refractivity contribution in [3.63, 3.8) is 0 Å². The first-order chi connectivity index (χ1) is 11.4. The molecule has 0 fully saturated rings. The molecular formula is C14H32N2O9. The van der Waals surface area contributed by atoms with Crippen molar-refractivity contribution in [1.82, 2.24) is 5.32 Å². The molecule has 0 saturated heterocycles. The molecule has 0 aromatic heterocycles. The van der Waals surface area contributed by atoms with Crippen LogP contribution in [0.25, 0.3) is 0 Å². The van der Waals surface area contributed by atoms with Gasteiger partial charge in [-0.3, -0.25) is 14.4 Å². The monoisotopic (exact) mass is 372 g/mol. The van der Waals surface area contributed by atoms with E-state index >= 15 is 0 Å². The van der Waals surface area contributed by atoms with E-state index in [1.54, 1.807) is 21.3 Å². The zero-order valence-electron chi connectivity index (χ0n) is 15.7. The van der Waals surface area contributed by atoms with Gasteiger partial charge in [0.05, 0.1) is 0 Å². The van der Waals surface area contributed by atoms with Crippen LogP contribution in [0.2, 0.25) is 0 Å². The average molecular weight is 372 g/mol. The second-order valence-corrected chi connectivity index (χ2v) is 4.14. The van der Waals surface area contributed by atoms with Gasteiger partial charge in [-0.1, -0.05) is 0 Å². The summed E-state index contributed by atoms with van der Waals surface area (Å²) in [6, 6.07) is 0. The minimum absolute atomic E-state index is 0.622. The first-order valence-corrected chi connectivity index (χ1v) is 7.09. The molecule has 0 rings (SSSR count). The van der Waals surface area contributed by atoms with Crippen LogP contribution in [0.1, 0.15) is 27.2 Å². The summed E-state index contributed by atoms with van der Waals surface area (Å²) in [4.78, 5) is 27.0. The van der Waals surface area contributed by atoms with Gasteiger partial charge in [0.15, 0.2) is 0 Å². The molecule has 0 unspecified atom stereocenters. The molecule has 0 aromatic rings. The zero-order valence-corrected chi connectivity index (χ0v) is 15.7. The van der Waals surface area contributed by atoms with Crippen LogP contribution in [0.15, 0.2) is 0 Å². The minimum atomic E-state index is -0.929. The van der Waals surface area contributed by atoms with E-state index in [4.69, 9.17) is 49.6 Å². The number of hydrogen-bond donors (Lipinski definition) is 5. The van der Waals surface area contributed by atoms with E-state index in [-0.39, 0.29) is 0 Å². The van der Waals surface area contributed by atoms with Crippen LogP contribution in [0.4, 0.5) is 0 Å². The van der Waals surface area contributed by atoms with Crippen LogP contribution in [0.5, 0.6) is 0 Å². The van der Waals surface area contributed by atoms with E-state index in [1.807, 2.05) is 0 Å². The molecule has 0 spiro atoms. The molecule has 11 heteroatoms. The van der Waals surface area contributed by atoms with Crippen molar-refractivity contribution in [2.24, 2.45) is 5.73 Å². The molecule has 0 amide bonds. The molecule has 0 aliphatic heterocycles. The van der Waals surface area contributed by atoms with Crippen molar-refractivity contribution >= 4 is 17.9 Å². The van der Waals surface area contributed by atoms with Crippen molar-refractivity contribution in [3.8, 4) is 0 Å². The first-order valence-electron chi connectivity index (χ1n) is 7.09. The maximum Gasteiger partial charge on any atom is 0.300 e. The van der Waals surface area contributed by atoms with Crippen LogP contribution in [0.3, 0.4) is 0 Å². The Bertz CT molecular complexity index is 285. The Hall–Kier alpha value is -1.79. The highest BCUT2D eigenvalue weighted by Gasteiger charge is 2.28. The maximum absolute atomic E-state index is 9.00. The normalized spacial score (nSPS) is 9.24. The highest BCUT2D eigenvalue weighted by Crippen LogP contribution is 2.15. The van der Waals surface area contributed by atoms with Crippen LogP contribution in [-0.2, 0) is 28.6 Å². The summed E-state index contributed by atoms with van der Waals surface area (Å²) in [7, 11) is 4.65. The summed E-state index contributed by atoms with van der Waals surface area (Å²) in [5, 5.41) is 25.4. The summed E-state index contributed by atoms with van der Waals surface area (Å²) >= 11 is 0. The van der Waals surface area contributed by atoms with E-state index in [1.165, 1.54) is 0 Å². The average Bonchev–Trinajstić information content (AvgIpc) is 2.47. The molecule has 152 valence electrons. The van der Waals surface area contributed by atoms with Crippen LogP contribution in [0, 0.1) is 0 Å². The fraction of sp³-hybridized carbons (Fsp3) is 0.786. The molecular weight excluding hydrogens is 340 g/mol. The fourth-order valence-corrected chi connectivity index (χ4v) is 1.02. The predicted octanol–water partition coefficient (Wildman–Crippen LogP) is -0.209. The Balaban J connectivity index is -0.000000150. The number of carboxylic acid groups (broad SMARTS) is 3. The molecule has 0 aliphatic carbocycles. The Kier molecular flexibility index (Phi) is 27.6. The Labute approximate surface area is 148 Å². The van der Waals surface area contributed by atoms with Gasteiger partial charge in [-0.15, -0.1) is 0 Å². The molecule has 25 heavy (non-hydrogen) atoms. The number of hydrogen-bond acceptors (Lipinski definition) is 8. The van der Waals surface area contributed by atoms with Gasteiger partial charge in [0.25, 0.3) is 23.9 Å². The molecule has 0 bridgehead atoms. The number of ether oxygens (including phenoxy) is 3. The third kappa shape index (κ3) is 44.9. The molecule has 0 radical (unpaired) electrons. The summed E-state index contributed by atoms with van der Waals surface area (Å²) in [5.74, 6) is -3.43. The van der Waals surface area contributed by atoms with E-state index in [0.29, 0.717) is 13.0 Å². The molecule has 0 atom stereocenters. The molecule has 11 nitrogen and oxygen atoms in total. The van der Waals surface area contributed by atoms with Crippen molar-refractivity contribution in [2.45, 2.75) is 33.2 Å². The number of aliphatic carboxylic acids is 3. The number of rotatable bonds is 8.